The van der Waals surface area contributed by atoms with E-state index in [0.717, 1.165) is 9.35 Å². The van der Waals surface area contributed by atoms with E-state index in [1.165, 1.54) is 7.11 Å². The predicted octanol–water partition coefficient (Wildman–Crippen LogP) is 3.20. The first-order chi connectivity index (χ1) is 8.65. The molecule has 2 rings (SSSR count). The van der Waals surface area contributed by atoms with Gasteiger partial charge in [-0.2, -0.15) is 0 Å². The van der Waals surface area contributed by atoms with Gasteiger partial charge in [-0.3, -0.25) is 0 Å². The van der Waals surface area contributed by atoms with E-state index in [2.05, 4.69) is 26.0 Å². The van der Waals surface area contributed by atoms with Crippen molar-refractivity contribution in [2.24, 2.45) is 0 Å². The third-order valence-electron chi connectivity index (χ3n) is 2.51. The summed E-state index contributed by atoms with van der Waals surface area (Å²) in [5.74, 6) is 0.424. The Bertz CT molecular complexity index is 549. The van der Waals surface area contributed by atoms with Crippen LogP contribution in [0.2, 0.25) is 0 Å². The van der Waals surface area contributed by atoms with E-state index in [1.807, 2.05) is 18.5 Å². The van der Waals surface area contributed by atoms with Gasteiger partial charge in [0.05, 0.1) is 16.9 Å². The van der Waals surface area contributed by atoms with Crippen molar-refractivity contribution >= 4 is 33.2 Å². The van der Waals surface area contributed by atoms with Crippen LogP contribution in [0.25, 0.3) is 0 Å². The van der Waals surface area contributed by atoms with Gasteiger partial charge in [-0.1, -0.05) is 0 Å². The zero-order valence-electron chi connectivity index (χ0n) is 9.90. The van der Waals surface area contributed by atoms with Crippen LogP contribution in [0, 0.1) is 0 Å². The standard InChI is InChI=1S/C12H12BrNO3S/c1-14-11(7-5-10(13)18-6-7)8-3-4-9(17-8)12(15)16-2/h3-6,11,14H,1-2H3. The molecule has 0 bridgehead atoms. The number of rotatable bonds is 4. The average Bonchev–Trinajstić information content (AvgIpc) is 2.99. The molecule has 18 heavy (non-hydrogen) atoms. The minimum atomic E-state index is -0.470. The number of methoxy groups -OCH3 is 1. The topological polar surface area (TPSA) is 51.5 Å². The van der Waals surface area contributed by atoms with Crippen LogP contribution >= 0.6 is 27.3 Å². The summed E-state index contributed by atoms with van der Waals surface area (Å²) in [6.07, 6.45) is 0. The Morgan fingerprint density at radius 3 is 2.89 bits per heavy atom. The predicted molar refractivity (Wildman–Crippen MR) is 73.0 cm³/mol. The molecule has 2 aromatic heterocycles. The summed E-state index contributed by atoms with van der Waals surface area (Å²) in [4.78, 5) is 11.3. The number of hydrogen-bond donors (Lipinski definition) is 1. The number of nitrogens with one attached hydrogen (secondary N) is 1. The molecule has 0 spiro atoms. The van der Waals surface area contributed by atoms with Crippen molar-refractivity contribution in [1.82, 2.24) is 5.32 Å². The number of halogens is 1. The van der Waals surface area contributed by atoms with Crippen molar-refractivity contribution in [3.63, 3.8) is 0 Å². The monoisotopic (exact) mass is 329 g/mol. The highest BCUT2D eigenvalue weighted by atomic mass is 79.9. The molecule has 0 aliphatic rings. The minimum absolute atomic E-state index is 0.0778. The van der Waals surface area contributed by atoms with Gasteiger partial charge < -0.3 is 14.5 Å². The number of furan rings is 1. The molecule has 6 heteroatoms. The SMILES string of the molecule is CNC(c1csc(Br)c1)c1ccc(C(=O)OC)o1. The highest BCUT2D eigenvalue weighted by molar-refractivity contribution is 9.11. The number of hydrogen-bond acceptors (Lipinski definition) is 5. The molecular weight excluding hydrogens is 318 g/mol. The third-order valence-corrected chi connectivity index (χ3v) is 4.03. The fourth-order valence-electron chi connectivity index (χ4n) is 1.67. The maximum absolute atomic E-state index is 11.3. The Kier molecular flexibility index (Phi) is 4.21. The number of carbonyl (C=O) groups is 1. The number of esters is 1. The van der Waals surface area contributed by atoms with Gasteiger partial charge in [0.1, 0.15) is 5.76 Å². The highest BCUT2D eigenvalue weighted by Gasteiger charge is 2.19. The van der Waals surface area contributed by atoms with Gasteiger partial charge in [0.2, 0.25) is 5.76 Å². The lowest BCUT2D eigenvalue weighted by Gasteiger charge is -2.11. The van der Waals surface area contributed by atoms with Crippen LogP contribution in [-0.2, 0) is 4.74 Å². The van der Waals surface area contributed by atoms with Gasteiger partial charge in [-0.25, -0.2) is 4.79 Å². The molecule has 1 atom stereocenters. The first-order valence-electron chi connectivity index (χ1n) is 5.25. The maximum Gasteiger partial charge on any atom is 0.373 e. The van der Waals surface area contributed by atoms with E-state index in [0.29, 0.717) is 5.76 Å². The van der Waals surface area contributed by atoms with E-state index < -0.39 is 5.97 Å². The number of thiophene rings is 1. The van der Waals surface area contributed by atoms with Crippen LogP contribution in [-0.4, -0.2) is 20.1 Å². The molecule has 0 aliphatic carbocycles. The average molecular weight is 330 g/mol. The van der Waals surface area contributed by atoms with Crippen LogP contribution in [0.15, 0.2) is 31.8 Å². The Hall–Kier alpha value is -1.11. The van der Waals surface area contributed by atoms with Crippen LogP contribution in [0.5, 0.6) is 0 Å². The van der Waals surface area contributed by atoms with Crippen molar-refractivity contribution in [2.45, 2.75) is 6.04 Å². The molecule has 2 heterocycles. The molecule has 1 N–H and O–H groups in total. The molecule has 0 saturated heterocycles. The van der Waals surface area contributed by atoms with Crippen molar-refractivity contribution in [2.75, 3.05) is 14.2 Å². The van der Waals surface area contributed by atoms with Gasteiger partial charge >= 0.3 is 5.97 Å². The molecule has 0 aromatic carbocycles. The maximum atomic E-state index is 11.3. The molecule has 0 radical (unpaired) electrons. The van der Waals surface area contributed by atoms with Crippen LogP contribution in [0.3, 0.4) is 0 Å². The van der Waals surface area contributed by atoms with Gasteiger partial charge in [-0.15, -0.1) is 11.3 Å². The summed E-state index contributed by atoms with van der Waals surface area (Å²) < 4.78 is 11.2. The molecule has 96 valence electrons. The second kappa shape index (κ2) is 5.69. The van der Waals surface area contributed by atoms with Gasteiger partial charge in [0, 0.05) is 0 Å². The molecule has 1 unspecified atom stereocenters. The fraction of sp³-hybridized carbons (Fsp3) is 0.250. The minimum Gasteiger partial charge on any atom is -0.463 e. The van der Waals surface area contributed by atoms with E-state index in [9.17, 15) is 4.79 Å². The van der Waals surface area contributed by atoms with Gasteiger partial charge in [-0.05, 0) is 52.1 Å². The molecule has 4 nitrogen and oxygen atoms in total. The zero-order chi connectivity index (χ0) is 13.1. The molecule has 2 aromatic rings. The molecule has 0 amide bonds. The Morgan fingerprint density at radius 1 is 1.56 bits per heavy atom. The summed E-state index contributed by atoms with van der Waals surface area (Å²) in [5, 5.41) is 5.19. The van der Waals surface area contributed by atoms with Crippen LogP contribution in [0.4, 0.5) is 0 Å². The first kappa shape index (κ1) is 13.3. The van der Waals surface area contributed by atoms with Crippen molar-refractivity contribution in [3.05, 3.63) is 44.4 Å². The van der Waals surface area contributed by atoms with Crippen LogP contribution in [0.1, 0.15) is 27.9 Å². The summed E-state index contributed by atoms with van der Waals surface area (Å²) >= 11 is 5.03. The smallest absolute Gasteiger partial charge is 0.373 e. The molecule has 0 fully saturated rings. The van der Waals surface area contributed by atoms with E-state index in [1.54, 1.807) is 23.5 Å². The lowest BCUT2D eigenvalue weighted by atomic mass is 10.1. The Morgan fingerprint density at radius 2 is 2.33 bits per heavy atom. The Balaban J connectivity index is 2.28. The number of ether oxygens (including phenoxy) is 1. The summed E-state index contributed by atoms with van der Waals surface area (Å²) in [6.45, 7) is 0. The second-order valence-corrected chi connectivity index (χ2v) is 5.89. The van der Waals surface area contributed by atoms with E-state index in [4.69, 9.17) is 4.42 Å². The lowest BCUT2D eigenvalue weighted by Crippen LogP contribution is -2.16. The van der Waals surface area contributed by atoms with E-state index >= 15 is 0 Å². The summed E-state index contributed by atoms with van der Waals surface area (Å²) in [5.41, 5.74) is 1.08. The van der Waals surface area contributed by atoms with Crippen molar-refractivity contribution in [1.29, 1.82) is 0 Å². The first-order valence-corrected chi connectivity index (χ1v) is 6.92. The van der Waals surface area contributed by atoms with E-state index in [-0.39, 0.29) is 11.8 Å². The van der Waals surface area contributed by atoms with Gasteiger partial charge in [0.25, 0.3) is 0 Å². The summed E-state index contributed by atoms with van der Waals surface area (Å²) in [7, 11) is 3.17. The van der Waals surface area contributed by atoms with Crippen molar-refractivity contribution < 1.29 is 13.9 Å². The van der Waals surface area contributed by atoms with Gasteiger partial charge in [0.15, 0.2) is 0 Å². The third kappa shape index (κ3) is 2.66. The quantitative estimate of drug-likeness (QED) is 0.875. The second-order valence-electron chi connectivity index (χ2n) is 3.60. The lowest BCUT2D eigenvalue weighted by molar-refractivity contribution is 0.0562. The molecular formula is C12H12BrNO3S. The highest BCUT2D eigenvalue weighted by Crippen LogP contribution is 2.30. The molecule has 0 aliphatic heterocycles. The van der Waals surface area contributed by atoms with Crippen molar-refractivity contribution in [3.8, 4) is 0 Å². The largest absolute Gasteiger partial charge is 0.463 e. The van der Waals surface area contributed by atoms with Crippen LogP contribution < -0.4 is 5.32 Å². The zero-order valence-corrected chi connectivity index (χ0v) is 12.3. The normalized spacial score (nSPS) is 12.4. The summed E-state index contributed by atoms with van der Waals surface area (Å²) in [6, 6.07) is 5.34. The molecule has 0 saturated carbocycles. The Labute approximate surface area is 117 Å². The fourth-order valence-corrected chi connectivity index (χ4v) is 2.87. The number of carbonyl (C=O) groups excluding carboxylic acids is 1.